The number of nitrogens with one attached hydrogen (secondary N) is 1. The molecule has 0 amide bonds. The van der Waals surface area contributed by atoms with Crippen molar-refractivity contribution in [2.45, 2.75) is 13.5 Å². The van der Waals surface area contributed by atoms with E-state index in [1.165, 1.54) is 17.5 Å². The van der Waals surface area contributed by atoms with Crippen LogP contribution in [0.2, 0.25) is 0 Å². The Morgan fingerprint density at radius 3 is 2.61 bits per heavy atom. The van der Waals surface area contributed by atoms with Crippen molar-refractivity contribution in [3.8, 4) is 0 Å². The predicted molar refractivity (Wildman–Crippen MR) is 91.1 cm³/mol. The van der Waals surface area contributed by atoms with E-state index >= 15 is 0 Å². The van der Waals surface area contributed by atoms with Crippen molar-refractivity contribution in [2.24, 2.45) is 0 Å². The lowest BCUT2D eigenvalue weighted by Gasteiger charge is -2.05. The van der Waals surface area contributed by atoms with E-state index in [0.717, 1.165) is 5.56 Å². The second-order valence-corrected chi connectivity index (χ2v) is 6.06. The summed E-state index contributed by atoms with van der Waals surface area (Å²) in [5, 5.41) is 17.9. The first-order chi connectivity index (χ1) is 11.0. The summed E-state index contributed by atoms with van der Waals surface area (Å²) in [6.07, 6.45) is 1.37. The van der Waals surface area contributed by atoms with Crippen LogP contribution in [0.1, 0.15) is 27.7 Å². The van der Waals surface area contributed by atoms with E-state index in [0.29, 0.717) is 27.4 Å². The zero-order valence-corrected chi connectivity index (χ0v) is 13.2. The fourth-order valence-corrected chi connectivity index (χ4v) is 3.60. The molecule has 2 heterocycles. The van der Waals surface area contributed by atoms with Gasteiger partial charge in [-0.15, -0.1) is 11.3 Å². The standard InChI is InChI=1S/C17H14N2O3S/c1-2-19-9-12(17(21)22)15(20)11-8-13(23-16(11)19)14(18)10-6-4-3-5-7-10/h3-9,18H,2H2,1H3,(H,21,22). The van der Waals surface area contributed by atoms with Gasteiger partial charge in [0.2, 0.25) is 5.43 Å². The average molecular weight is 326 g/mol. The average Bonchev–Trinajstić information content (AvgIpc) is 3.01. The molecule has 1 aromatic carbocycles. The molecule has 0 spiro atoms. The lowest BCUT2D eigenvalue weighted by Crippen LogP contribution is -2.17. The molecule has 0 saturated carbocycles. The molecule has 0 saturated heterocycles. The quantitative estimate of drug-likeness (QED) is 0.722. The zero-order chi connectivity index (χ0) is 16.6. The fourth-order valence-electron chi connectivity index (χ4n) is 2.43. The Balaban J connectivity index is 2.23. The second kappa shape index (κ2) is 5.81. The molecule has 2 aromatic heterocycles. The molecule has 3 aromatic rings. The van der Waals surface area contributed by atoms with Gasteiger partial charge in [0.25, 0.3) is 0 Å². The Bertz CT molecular complexity index is 971. The van der Waals surface area contributed by atoms with Crippen LogP contribution in [-0.2, 0) is 6.54 Å². The topological polar surface area (TPSA) is 83.2 Å². The maximum absolute atomic E-state index is 12.4. The minimum Gasteiger partial charge on any atom is -0.477 e. The van der Waals surface area contributed by atoms with E-state index in [1.807, 2.05) is 37.3 Å². The van der Waals surface area contributed by atoms with Crippen molar-refractivity contribution in [1.29, 1.82) is 5.41 Å². The van der Waals surface area contributed by atoms with Crippen LogP contribution in [0.3, 0.4) is 0 Å². The minimum absolute atomic E-state index is 0.241. The summed E-state index contributed by atoms with van der Waals surface area (Å²) in [4.78, 5) is 24.9. The Hall–Kier alpha value is -2.73. The molecular formula is C17H14N2O3S. The lowest BCUT2D eigenvalue weighted by atomic mass is 10.1. The Morgan fingerprint density at radius 1 is 1.30 bits per heavy atom. The number of fused-ring (bicyclic) bond motifs is 1. The van der Waals surface area contributed by atoms with E-state index in [-0.39, 0.29) is 5.56 Å². The summed E-state index contributed by atoms with van der Waals surface area (Å²) in [6, 6.07) is 10.9. The van der Waals surface area contributed by atoms with Gasteiger partial charge in [0.1, 0.15) is 10.4 Å². The highest BCUT2D eigenvalue weighted by Gasteiger charge is 2.18. The third kappa shape index (κ3) is 2.57. The number of benzene rings is 1. The second-order valence-electron chi connectivity index (χ2n) is 5.03. The molecule has 5 nitrogen and oxygen atoms in total. The van der Waals surface area contributed by atoms with Crippen LogP contribution in [0.5, 0.6) is 0 Å². The van der Waals surface area contributed by atoms with Crippen molar-refractivity contribution >= 4 is 33.2 Å². The number of hydrogen-bond donors (Lipinski definition) is 2. The summed E-state index contributed by atoms with van der Waals surface area (Å²) >= 11 is 1.33. The Kier molecular flexibility index (Phi) is 3.83. The van der Waals surface area contributed by atoms with E-state index < -0.39 is 11.4 Å². The highest BCUT2D eigenvalue weighted by molar-refractivity contribution is 7.20. The molecule has 0 aliphatic rings. The summed E-state index contributed by atoms with van der Waals surface area (Å²) in [6.45, 7) is 2.44. The van der Waals surface area contributed by atoms with Crippen LogP contribution in [-0.4, -0.2) is 21.4 Å². The first-order valence-electron chi connectivity index (χ1n) is 7.07. The van der Waals surface area contributed by atoms with Gasteiger partial charge in [-0.1, -0.05) is 30.3 Å². The van der Waals surface area contributed by atoms with Gasteiger partial charge < -0.3 is 9.67 Å². The van der Waals surface area contributed by atoms with Crippen molar-refractivity contribution in [2.75, 3.05) is 0 Å². The van der Waals surface area contributed by atoms with Crippen molar-refractivity contribution < 1.29 is 9.90 Å². The predicted octanol–water partition coefficient (Wildman–Crippen LogP) is 3.20. The Morgan fingerprint density at radius 2 is 2.00 bits per heavy atom. The van der Waals surface area contributed by atoms with E-state index in [1.54, 1.807) is 10.6 Å². The van der Waals surface area contributed by atoms with Crippen LogP contribution in [0.15, 0.2) is 47.4 Å². The summed E-state index contributed by atoms with van der Waals surface area (Å²) < 4.78 is 1.74. The molecular weight excluding hydrogens is 312 g/mol. The number of carbonyl (C=O) groups is 1. The lowest BCUT2D eigenvalue weighted by molar-refractivity contribution is 0.0695. The first kappa shape index (κ1) is 15.2. The van der Waals surface area contributed by atoms with E-state index in [4.69, 9.17) is 5.41 Å². The molecule has 2 N–H and O–H groups in total. The molecule has 0 fully saturated rings. The normalized spacial score (nSPS) is 10.8. The number of rotatable bonds is 4. The number of aryl methyl sites for hydroxylation is 1. The Labute approximate surface area is 136 Å². The van der Waals surface area contributed by atoms with Crippen molar-refractivity contribution in [3.63, 3.8) is 0 Å². The smallest absolute Gasteiger partial charge is 0.341 e. The number of aromatic nitrogens is 1. The minimum atomic E-state index is -1.23. The molecule has 0 aliphatic carbocycles. The molecule has 0 aliphatic heterocycles. The van der Waals surface area contributed by atoms with Crippen LogP contribution in [0.4, 0.5) is 0 Å². The van der Waals surface area contributed by atoms with Crippen LogP contribution in [0, 0.1) is 5.41 Å². The van der Waals surface area contributed by atoms with E-state index in [2.05, 4.69) is 0 Å². The van der Waals surface area contributed by atoms with Crippen molar-refractivity contribution in [3.05, 3.63) is 68.8 Å². The zero-order valence-electron chi connectivity index (χ0n) is 12.4. The fraction of sp³-hybridized carbons (Fsp3) is 0.118. The van der Waals surface area contributed by atoms with Gasteiger partial charge in [0, 0.05) is 18.3 Å². The SMILES string of the molecule is CCn1cc(C(=O)O)c(=O)c2cc(C(=N)c3ccccc3)sc21. The molecule has 0 unspecified atom stereocenters. The molecule has 3 rings (SSSR count). The third-order valence-electron chi connectivity index (χ3n) is 3.63. The van der Waals surface area contributed by atoms with Crippen LogP contribution < -0.4 is 5.43 Å². The van der Waals surface area contributed by atoms with Gasteiger partial charge in [-0.3, -0.25) is 10.2 Å². The highest BCUT2D eigenvalue weighted by Crippen LogP contribution is 2.26. The maximum atomic E-state index is 12.4. The van der Waals surface area contributed by atoms with E-state index in [9.17, 15) is 14.7 Å². The van der Waals surface area contributed by atoms with Gasteiger partial charge in [-0.25, -0.2) is 4.79 Å². The summed E-state index contributed by atoms with van der Waals surface area (Å²) in [5.41, 5.74) is 0.342. The largest absolute Gasteiger partial charge is 0.477 e. The molecule has 116 valence electrons. The van der Waals surface area contributed by atoms with Gasteiger partial charge in [0.15, 0.2) is 0 Å². The van der Waals surface area contributed by atoms with Gasteiger partial charge in [-0.2, -0.15) is 0 Å². The summed E-state index contributed by atoms with van der Waals surface area (Å²) in [7, 11) is 0. The molecule has 6 heteroatoms. The number of pyridine rings is 1. The maximum Gasteiger partial charge on any atom is 0.341 e. The van der Waals surface area contributed by atoms with Crippen molar-refractivity contribution in [1.82, 2.24) is 4.57 Å². The number of nitrogens with zero attached hydrogens (tertiary/aromatic N) is 1. The molecule has 0 radical (unpaired) electrons. The van der Waals surface area contributed by atoms with Crippen LogP contribution >= 0.6 is 11.3 Å². The number of aromatic carboxylic acids is 1. The summed E-state index contributed by atoms with van der Waals surface area (Å²) in [5.74, 6) is -1.23. The first-order valence-corrected chi connectivity index (χ1v) is 7.89. The molecule has 23 heavy (non-hydrogen) atoms. The van der Waals surface area contributed by atoms with Gasteiger partial charge in [0.05, 0.1) is 16.0 Å². The highest BCUT2D eigenvalue weighted by atomic mass is 32.1. The number of hydrogen-bond acceptors (Lipinski definition) is 4. The van der Waals surface area contributed by atoms with Gasteiger partial charge in [-0.05, 0) is 13.0 Å². The number of carboxylic acids is 1. The number of carboxylic acid groups (broad SMARTS) is 1. The third-order valence-corrected chi connectivity index (χ3v) is 4.82. The number of thiophene rings is 1. The molecule has 0 bridgehead atoms. The molecule has 0 atom stereocenters. The van der Waals surface area contributed by atoms with Crippen LogP contribution in [0.25, 0.3) is 10.2 Å². The van der Waals surface area contributed by atoms with Gasteiger partial charge >= 0.3 is 5.97 Å². The monoisotopic (exact) mass is 326 g/mol.